The molecular weight excluding hydrogens is 190 g/mol. The molecule has 0 radical (unpaired) electrons. The summed E-state index contributed by atoms with van der Waals surface area (Å²) in [6.07, 6.45) is 3.23. The van der Waals surface area contributed by atoms with Crippen molar-refractivity contribution in [2.45, 2.75) is 19.3 Å². The van der Waals surface area contributed by atoms with E-state index in [1.54, 1.807) is 25.2 Å². The third kappa shape index (κ3) is 2.12. The van der Waals surface area contributed by atoms with Gasteiger partial charge in [-0.1, -0.05) is 6.07 Å². The second kappa shape index (κ2) is 3.93. The van der Waals surface area contributed by atoms with Crippen molar-refractivity contribution in [2.75, 3.05) is 7.05 Å². The highest BCUT2D eigenvalue weighted by atomic mass is 16.3. The SMILES string of the molecule is CNC(=O)c1cccc(O)c1CC1CC1. The molecule has 0 unspecified atom stereocenters. The lowest BCUT2D eigenvalue weighted by atomic mass is 10.0. The number of amides is 1. The Morgan fingerprint density at radius 3 is 2.87 bits per heavy atom. The Balaban J connectivity index is 2.33. The first-order valence-corrected chi connectivity index (χ1v) is 5.25. The quantitative estimate of drug-likeness (QED) is 0.789. The summed E-state index contributed by atoms with van der Waals surface area (Å²) < 4.78 is 0. The van der Waals surface area contributed by atoms with Gasteiger partial charge < -0.3 is 10.4 Å². The van der Waals surface area contributed by atoms with Crippen LogP contribution in [0.1, 0.15) is 28.8 Å². The van der Waals surface area contributed by atoms with Crippen LogP contribution in [0, 0.1) is 5.92 Å². The first-order valence-electron chi connectivity index (χ1n) is 5.25. The maximum Gasteiger partial charge on any atom is 0.251 e. The predicted octanol–water partition coefficient (Wildman–Crippen LogP) is 1.70. The standard InChI is InChI=1S/C12H15NO2/c1-13-12(15)9-3-2-4-11(14)10(9)7-8-5-6-8/h2-4,8,14H,5-7H2,1H3,(H,13,15). The smallest absolute Gasteiger partial charge is 0.251 e. The molecule has 1 aromatic carbocycles. The molecule has 15 heavy (non-hydrogen) atoms. The van der Waals surface area contributed by atoms with Crippen molar-refractivity contribution in [1.29, 1.82) is 0 Å². The fourth-order valence-electron chi connectivity index (χ4n) is 1.75. The molecule has 3 heteroatoms. The second-order valence-electron chi connectivity index (χ2n) is 4.03. The highest BCUT2D eigenvalue weighted by Gasteiger charge is 2.25. The van der Waals surface area contributed by atoms with E-state index in [9.17, 15) is 9.90 Å². The molecule has 1 aliphatic rings. The van der Waals surface area contributed by atoms with Crippen LogP contribution in [0.15, 0.2) is 18.2 Å². The van der Waals surface area contributed by atoms with Gasteiger partial charge in [0.25, 0.3) is 5.91 Å². The Kier molecular flexibility index (Phi) is 2.62. The Morgan fingerprint density at radius 2 is 2.27 bits per heavy atom. The first kappa shape index (κ1) is 10.0. The molecule has 0 aromatic heterocycles. The van der Waals surface area contributed by atoms with E-state index in [1.165, 1.54) is 12.8 Å². The van der Waals surface area contributed by atoms with Gasteiger partial charge in [0.05, 0.1) is 0 Å². The van der Waals surface area contributed by atoms with Crippen molar-refractivity contribution in [2.24, 2.45) is 5.92 Å². The molecule has 2 N–H and O–H groups in total. The monoisotopic (exact) mass is 205 g/mol. The zero-order valence-electron chi connectivity index (χ0n) is 8.79. The van der Waals surface area contributed by atoms with Crippen LogP contribution in [0.5, 0.6) is 5.75 Å². The molecule has 1 amide bonds. The lowest BCUT2D eigenvalue weighted by molar-refractivity contribution is 0.0961. The normalized spacial score (nSPS) is 15.0. The highest BCUT2D eigenvalue weighted by molar-refractivity contribution is 5.96. The number of phenols is 1. The molecule has 0 atom stereocenters. The molecule has 0 bridgehead atoms. The Morgan fingerprint density at radius 1 is 1.53 bits per heavy atom. The fraction of sp³-hybridized carbons (Fsp3) is 0.417. The third-order valence-corrected chi connectivity index (χ3v) is 2.81. The summed E-state index contributed by atoms with van der Waals surface area (Å²) in [4.78, 5) is 11.6. The molecule has 0 aliphatic heterocycles. The number of hydrogen-bond donors (Lipinski definition) is 2. The molecule has 3 nitrogen and oxygen atoms in total. The number of carbonyl (C=O) groups is 1. The predicted molar refractivity (Wildman–Crippen MR) is 57.9 cm³/mol. The molecule has 0 heterocycles. The van der Waals surface area contributed by atoms with E-state index in [-0.39, 0.29) is 11.7 Å². The number of rotatable bonds is 3. The number of phenolic OH excluding ortho intramolecular Hbond substituents is 1. The second-order valence-corrected chi connectivity index (χ2v) is 4.03. The van der Waals surface area contributed by atoms with Crippen molar-refractivity contribution in [1.82, 2.24) is 5.32 Å². The number of nitrogens with one attached hydrogen (secondary N) is 1. The van der Waals surface area contributed by atoms with Gasteiger partial charge in [0.1, 0.15) is 5.75 Å². The van der Waals surface area contributed by atoms with E-state index < -0.39 is 0 Å². The summed E-state index contributed by atoms with van der Waals surface area (Å²) in [5.74, 6) is 0.770. The minimum absolute atomic E-state index is 0.124. The van der Waals surface area contributed by atoms with Crippen LogP contribution < -0.4 is 5.32 Å². The first-order chi connectivity index (χ1) is 7.22. The van der Waals surface area contributed by atoms with E-state index in [4.69, 9.17) is 0 Å². The van der Waals surface area contributed by atoms with Crippen LogP contribution >= 0.6 is 0 Å². The molecular formula is C12H15NO2. The van der Waals surface area contributed by atoms with Crippen molar-refractivity contribution >= 4 is 5.91 Å². The van der Waals surface area contributed by atoms with Gasteiger partial charge in [-0.05, 0) is 37.3 Å². The van der Waals surface area contributed by atoms with Gasteiger partial charge >= 0.3 is 0 Å². The van der Waals surface area contributed by atoms with Crippen LogP contribution in [0.4, 0.5) is 0 Å². The number of aromatic hydroxyl groups is 1. The van der Waals surface area contributed by atoms with E-state index in [1.807, 2.05) is 0 Å². The van der Waals surface area contributed by atoms with Crippen LogP contribution in [0.2, 0.25) is 0 Å². The van der Waals surface area contributed by atoms with Crippen molar-refractivity contribution in [3.63, 3.8) is 0 Å². The van der Waals surface area contributed by atoms with Gasteiger partial charge in [0.15, 0.2) is 0 Å². The van der Waals surface area contributed by atoms with Crippen molar-refractivity contribution < 1.29 is 9.90 Å². The topological polar surface area (TPSA) is 49.3 Å². The van der Waals surface area contributed by atoms with Gasteiger partial charge in [0, 0.05) is 18.2 Å². The summed E-state index contributed by atoms with van der Waals surface area (Å²) in [7, 11) is 1.60. The number of carbonyl (C=O) groups excluding carboxylic acids is 1. The Bertz CT molecular complexity index is 383. The average Bonchev–Trinajstić information content (AvgIpc) is 3.04. The average molecular weight is 205 g/mol. The number of benzene rings is 1. The molecule has 1 aromatic rings. The lowest BCUT2D eigenvalue weighted by Crippen LogP contribution is -2.19. The van der Waals surface area contributed by atoms with Crippen LogP contribution in [-0.4, -0.2) is 18.1 Å². The molecule has 0 saturated heterocycles. The summed E-state index contributed by atoms with van der Waals surface area (Å²) in [5, 5.41) is 12.3. The highest BCUT2D eigenvalue weighted by Crippen LogP contribution is 2.36. The van der Waals surface area contributed by atoms with Gasteiger partial charge in [-0.2, -0.15) is 0 Å². The molecule has 0 spiro atoms. The van der Waals surface area contributed by atoms with Crippen LogP contribution in [0.3, 0.4) is 0 Å². The van der Waals surface area contributed by atoms with Gasteiger partial charge in [-0.25, -0.2) is 0 Å². The summed E-state index contributed by atoms with van der Waals surface area (Å²) in [5.41, 5.74) is 1.39. The van der Waals surface area contributed by atoms with Gasteiger partial charge in [0.2, 0.25) is 0 Å². The molecule has 1 saturated carbocycles. The molecule has 2 rings (SSSR count). The minimum atomic E-state index is -0.124. The number of hydrogen-bond acceptors (Lipinski definition) is 2. The molecule has 80 valence electrons. The van der Waals surface area contributed by atoms with Crippen LogP contribution in [0.25, 0.3) is 0 Å². The summed E-state index contributed by atoms with van der Waals surface area (Å²) in [6, 6.07) is 5.11. The maximum absolute atomic E-state index is 11.6. The van der Waals surface area contributed by atoms with Crippen LogP contribution in [-0.2, 0) is 6.42 Å². The largest absolute Gasteiger partial charge is 0.508 e. The fourth-order valence-corrected chi connectivity index (χ4v) is 1.75. The zero-order chi connectivity index (χ0) is 10.8. The third-order valence-electron chi connectivity index (χ3n) is 2.81. The van der Waals surface area contributed by atoms with E-state index >= 15 is 0 Å². The van der Waals surface area contributed by atoms with Gasteiger partial charge in [-0.15, -0.1) is 0 Å². The zero-order valence-corrected chi connectivity index (χ0v) is 8.79. The van der Waals surface area contributed by atoms with Gasteiger partial charge in [-0.3, -0.25) is 4.79 Å². The maximum atomic E-state index is 11.6. The Labute approximate surface area is 89.1 Å². The van der Waals surface area contributed by atoms with E-state index in [0.717, 1.165) is 12.0 Å². The summed E-state index contributed by atoms with van der Waals surface area (Å²) in [6.45, 7) is 0. The van der Waals surface area contributed by atoms with Crippen molar-refractivity contribution in [3.05, 3.63) is 29.3 Å². The Hall–Kier alpha value is -1.51. The molecule has 1 fully saturated rings. The van der Waals surface area contributed by atoms with E-state index in [0.29, 0.717) is 11.5 Å². The summed E-state index contributed by atoms with van der Waals surface area (Å²) >= 11 is 0. The lowest BCUT2D eigenvalue weighted by Gasteiger charge is -2.09. The van der Waals surface area contributed by atoms with Crippen molar-refractivity contribution in [3.8, 4) is 5.75 Å². The van der Waals surface area contributed by atoms with E-state index in [2.05, 4.69) is 5.32 Å². The molecule has 1 aliphatic carbocycles. The minimum Gasteiger partial charge on any atom is -0.508 e.